The van der Waals surface area contributed by atoms with Crippen LogP contribution in [0.2, 0.25) is 10.0 Å². The third kappa shape index (κ3) is 9.22. The molecule has 2 heterocycles. The van der Waals surface area contributed by atoms with E-state index < -0.39 is 21.6 Å². The van der Waals surface area contributed by atoms with Crippen molar-refractivity contribution in [1.29, 1.82) is 0 Å². The first-order valence-corrected chi connectivity index (χ1v) is 18.8. The van der Waals surface area contributed by atoms with Crippen molar-refractivity contribution in [3.8, 4) is 5.75 Å². The Hall–Kier alpha value is -3.00. The molecule has 11 nitrogen and oxygen atoms in total. The van der Waals surface area contributed by atoms with Crippen molar-refractivity contribution in [2.24, 2.45) is 5.73 Å². The Bertz CT molecular complexity index is 1780. The molecule has 49 heavy (non-hydrogen) atoms. The average Bonchev–Trinajstić information content (AvgIpc) is 3.05. The number of carbonyl (C=O) groups excluding carboxylic acids is 2. The fourth-order valence-electron chi connectivity index (χ4n) is 5.99. The molecule has 3 N–H and O–H groups in total. The molecular formula is C35H48Cl2N6O5S. The summed E-state index contributed by atoms with van der Waals surface area (Å²) in [6, 6.07) is 9.77. The number of rotatable bonds is 14. The van der Waals surface area contributed by atoms with E-state index in [0.717, 1.165) is 36.0 Å². The highest BCUT2D eigenvalue weighted by molar-refractivity contribution is 7.89. The van der Waals surface area contributed by atoms with Crippen LogP contribution in [0.4, 0.5) is 0 Å². The number of amides is 2. The van der Waals surface area contributed by atoms with E-state index >= 15 is 0 Å². The molecule has 3 aromatic rings. The van der Waals surface area contributed by atoms with Gasteiger partial charge in [-0.2, -0.15) is 4.72 Å². The second-order valence-corrected chi connectivity index (χ2v) is 15.6. The van der Waals surface area contributed by atoms with Crippen molar-refractivity contribution < 1.29 is 22.7 Å². The number of halogens is 2. The van der Waals surface area contributed by atoms with E-state index in [1.54, 1.807) is 29.7 Å². The average molecular weight is 736 g/mol. The van der Waals surface area contributed by atoms with Crippen LogP contribution < -0.4 is 15.2 Å². The molecule has 0 radical (unpaired) electrons. The highest BCUT2D eigenvalue weighted by Crippen LogP contribution is 2.34. The van der Waals surface area contributed by atoms with Crippen LogP contribution in [0.1, 0.15) is 56.4 Å². The predicted octanol–water partition coefficient (Wildman–Crippen LogP) is 4.91. The van der Waals surface area contributed by atoms with Crippen LogP contribution in [0.5, 0.6) is 5.75 Å². The molecule has 268 valence electrons. The number of pyridine rings is 1. The van der Waals surface area contributed by atoms with Crippen molar-refractivity contribution in [3.05, 3.63) is 63.3 Å². The molecule has 0 saturated carbocycles. The van der Waals surface area contributed by atoms with Gasteiger partial charge in [-0.15, -0.1) is 0 Å². The minimum Gasteiger partial charge on any atom is -0.487 e. The summed E-state index contributed by atoms with van der Waals surface area (Å²) < 4.78 is 36.4. The summed E-state index contributed by atoms with van der Waals surface area (Å²) in [6.45, 7) is 9.19. The standard InChI is InChI=1S/C35H48Cl2N6O5S/c1-7-35(4,34(45)43-19-17-42(18-20-43)33(44)28(38)12-8-9-16-41(5)6)40-49(46,47)30-15-14-27(36)26(31(30)37)22-48-29-13-10-11-25-23(2)21-24(3)39-32(25)29/h10-11,13-15,21,28,40H,7-9,12,16-20,22,38H2,1-6H3/t28-,35+/m0/s1. The number of nitrogens with two attached hydrogens (primary N) is 1. The van der Waals surface area contributed by atoms with E-state index in [9.17, 15) is 18.0 Å². The fraction of sp³-hybridized carbons (Fsp3) is 0.514. The lowest BCUT2D eigenvalue weighted by molar-refractivity contribution is -0.143. The fourth-order valence-corrected chi connectivity index (χ4v) is 8.31. The zero-order valence-corrected chi connectivity index (χ0v) is 31.5. The molecular weight excluding hydrogens is 687 g/mol. The third-order valence-corrected chi connectivity index (χ3v) is 11.6. The van der Waals surface area contributed by atoms with Crippen molar-refractivity contribution in [2.45, 2.75) is 76.5 Å². The summed E-state index contributed by atoms with van der Waals surface area (Å²) in [7, 11) is -0.290. The number of nitrogens with zero attached hydrogens (tertiary/aromatic N) is 4. The van der Waals surface area contributed by atoms with E-state index in [4.69, 9.17) is 33.7 Å². The summed E-state index contributed by atoms with van der Waals surface area (Å²) in [6.07, 6.45) is 2.59. The Morgan fingerprint density at radius 2 is 1.76 bits per heavy atom. The Morgan fingerprint density at radius 1 is 1.08 bits per heavy atom. The Labute approximate surface area is 300 Å². The summed E-state index contributed by atoms with van der Waals surface area (Å²) in [5, 5.41) is 1.07. The summed E-state index contributed by atoms with van der Waals surface area (Å²) in [5.41, 5.74) is 7.58. The highest BCUT2D eigenvalue weighted by Gasteiger charge is 2.41. The molecule has 2 amide bonds. The van der Waals surface area contributed by atoms with E-state index in [0.29, 0.717) is 30.8 Å². The third-order valence-electron chi connectivity index (χ3n) is 9.05. The summed E-state index contributed by atoms with van der Waals surface area (Å²) >= 11 is 13.2. The van der Waals surface area contributed by atoms with Crippen molar-refractivity contribution in [2.75, 3.05) is 46.8 Å². The van der Waals surface area contributed by atoms with Gasteiger partial charge in [-0.25, -0.2) is 13.4 Å². The van der Waals surface area contributed by atoms with E-state index in [-0.39, 0.29) is 58.4 Å². The van der Waals surface area contributed by atoms with Gasteiger partial charge in [0.15, 0.2) is 0 Å². The number of sulfonamides is 1. The van der Waals surface area contributed by atoms with Crippen LogP contribution >= 0.6 is 23.2 Å². The number of aromatic nitrogens is 1. The number of hydrogen-bond donors (Lipinski definition) is 2. The number of benzene rings is 2. The monoisotopic (exact) mass is 734 g/mol. The van der Waals surface area contributed by atoms with Crippen LogP contribution in [0.3, 0.4) is 0 Å². The SMILES string of the molecule is CC[C@@](C)(NS(=O)(=O)c1ccc(Cl)c(COc2cccc3c(C)cc(C)nc23)c1Cl)C(=O)N1CCN(C(=O)[C@@H](N)CCCCN(C)C)CC1. The molecule has 0 unspecified atom stereocenters. The van der Waals surface area contributed by atoms with Gasteiger partial charge in [-0.05, 0) is 90.5 Å². The Balaban J connectivity index is 1.44. The molecule has 1 saturated heterocycles. The Kier molecular flexibility index (Phi) is 12.9. The predicted molar refractivity (Wildman–Crippen MR) is 195 cm³/mol. The van der Waals surface area contributed by atoms with Crippen LogP contribution in [0.15, 0.2) is 41.3 Å². The van der Waals surface area contributed by atoms with Gasteiger partial charge < -0.3 is 25.2 Å². The number of fused-ring (bicyclic) bond motifs is 1. The van der Waals surface area contributed by atoms with Crippen molar-refractivity contribution >= 4 is 55.9 Å². The van der Waals surface area contributed by atoms with Gasteiger partial charge in [0.05, 0.1) is 11.1 Å². The van der Waals surface area contributed by atoms with Crippen LogP contribution in [0.25, 0.3) is 10.9 Å². The first-order valence-electron chi connectivity index (χ1n) is 16.6. The first-order chi connectivity index (χ1) is 23.1. The largest absolute Gasteiger partial charge is 0.487 e. The molecule has 4 rings (SSSR count). The number of para-hydroxylation sites is 1. The molecule has 2 aromatic carbocycles. The zero-order chi connectivity index (χ0) is 36.1. The molecule has 0 aliphatic carbocycles. The first kappa shape index (κ1) is 38.8. The van der Waals surface area contributed by atoms with Crippen LogP contribution in [0, 0.1) is 13.8 Å². The highest BCUT2D eigenvalue weighted by atomic mass is 35.5. The molecule has 1 aliphatic rings. The van der Waals surface area contributed by atoms with Gasteiger partial charge in [-0.3, -0.25) is 9.59 Å². The maximum atomic E-state index is 13.8. The number of unbranched alkanes of at least 4 members (excludes halogenated alkanes) is 1. The summed E-state index contributed by atoms with van der Waals surface area (Å²) in [5.74, 6) is -0.00730. The van der Waals surface area contributed by atoms with Gasteiger partial charge in [0, 0.05) is 47.8 Å². The summed E-state index contributed by atoms with van der Waals surface area (Å²) in [4.78, 5) is 36.5. The quantitative estimate of drug-likeness (QED) is 0.223. The van der Waals surface area contributed by atoms with Crippen molar-refractivity contribution in [1.82, 2.24) is 24.4 Å². The molecule has 14 heteroatoms. The van der Waals surface area contributed by atoms with Gasteiger partial charge in [-0.1, -0.05) is 48.7 Å². The topological polar surface area (TPSA) is 138 Å². The Morgan fingerprint density at radius 3 is 2.41 bits per heavy atom. The minimum absolute atomic E-state index is 0.100. The van der Waals surface area contributed by atoms with Gasteiger partial charge in [0.1, 0.15) is 28.3 Å². The number of carbonyl (C=O) groups is 2. The minimum atomic E-state index is -4.30. The second-order valence-electron chi connectivity index (χ2n) is 13.2. The zero-order valence-electron chi connectivity index (χ0n) is 29.2. The van der Waals surface area contributed by atoms with Crippen molar-refractivity contribution in [3.63, 3.8) is 0 Å². The van der Waals surface area contributed by atoms with Gasteiger partial charge in [0.25, 0.3) is 0 Å². The lowest BCUT2D eigenvalue weighted by Gasteiger charge is -2.40. The van der Waals surface area contributed by atoms with E-state index in [1.165, 1.54) is 12.1 Å². The molecule has 1 aromatic heterocycles. The molecule has 0 bridgehead atoms. The number of aryl methyl sites for hydroxylation is 2. The lowest BCUT2D eigenvalue weighted by atomic mass is 9.98. The van der Waals surface area contributed by atoms with Gasteiger partial charge >= 0.3 is 0 Å². The number of hydrogen-bond acceptors (Lipinski definition) is 8. The number of ether oxygens (including phenoxy) is 1. The van der Waals surface area contributed by atoms with E-state index in [2.05, 4.69) is 14.6 Å². The molecule has 2 atom stereocenters. The van der Waals surface area contributed by atoms with E-state index in [1.807, 2.05) is 46.1 Å². The molecule has 1 aliphatic heterocycles. The molecule has 1 fully saturated rings. The lowest BCUT2D eigenvalue weighted by Crippen LogP contribution is -2.62. The maximum absolute atomic E-state index is 13.8. The maximum Gasteiger partial charge on any atom is 0.243 e. The van der Waals surface area contributed by atoms with Crippen LogP contribution in [-0.4, -0.2) is 98.3 Å². The number of piperazine rings is 1. The van der Waals surface area contributed by atoms with Gasteiger partial charge in [0.2, 0.25) is 21.8 Å². The van der Waals surface area contributed by atoms with Crippen LogP contribution in [-0.2, 0) is 26.2 Å². The second kappa shape index (κ2) is 16.3. The number of nitrogens with one attached hydrogen (secondary N) is 1. The smallest absolute Gasteiger partial charge is 0.243 e. The molecule has 0 spiro atoms. The normalized spacial score (nSPS) is 15.8.